The van der Waals surface area contributed by atoms with E-state index in [0.717, 1.165) is 11.2 Å². The number of sulfone groups is 1. The Hall–Kier alpha value is -3.11. The highest BCUT2D eigenvalue weighted by Crippen LogP contribution is 2.38. The number of aliphatic hydroxyl groups is 1. The monoisotopic (exact) mass is 462 g/mol. The predicted molar refractivity (Wildman–Crippen MR) is 119 cm³/mol. The van der Waals surface area contributed by atoms with Gasteiger partial charge >= 0.3 is 0 Å². The number of benzene rings is 2. The smallest absolute Gasteiger partial charge is 0.264 e. The maximum Gasteiger partial charge on any atom is 0.264 e. The maximum atomic E-state index is 13.4. The Morgan fingerprint density at radius 3 is 2.44 bits per heavy atom. The summed E-state index contributed by atoms with van der Waals surface area (Å²) in [6, 6.07) is 8.37. The molecule has 2 unspecified atom stereocenters. The Balaban J connectivity index is 2.12. The second-order valence-electron chi connectivity index (χ2n) is 7.48. The summed E-state index contributed by atoms with van der Waals surface area (Å²) in [5.74, 6) is -0.897. The van der Waals surface area contributed by atoms with Gasteiger partial charge < -0.3 is 19.9 Å². The molecule has 0 saturated carbocycles. The number of aliphatic hydroxyl groups excluding tert-OH is 1. The fourth-order valence-electron chi connectivity index (χ4n) is 3.71. The molecule has 2 N–H and O–H groups in total. The van der Waals surface area contributed by atoms with Crippen molar-refractivity contribution in [3.8, 4) is 11.5 Å². The molecule has 2 aromatic carbocycles. The van der Waals surface area contributed by atoms with Gasteiger partial charge in [0.05, 0.1) is 36.6 Å². The number of carbonyl (C=O) groups excluding carboxylic acids is 2. The molecule has 172 valence electrons. The number of amides is 2. The molecule has 10 heteroatoms. The van der Waals surface area contributed by atoms with E-state index in [2.05, 4.69) is 5.32 Å². The molecule has 1 heterocycles. The van der Waals surface area contributed by atoms with Gasteiger partial charge in [-0.1, -0.05) is 12.1 Å². The number of fused-ring (bicyclic) bond motifs is 1. The molecule has 2 amide bonds. The minimum absolute atomic E-state index is 0.0930. The van der Waals surface area contributed by atoms with Gasteiger partial charge in [-0.15, -0.1) is 0 Å². The van der Waals surface area contributed by atoms with E-state index >= 15 is 0 Å². The number of methoxy groups -OCH3 is 1. The van der Waals surface area contributed by atoms with Crippen LogP contribution >= 0.6 is 0 Å². The summed E-state index contributed by atoms with van der Waals surface area (Å²) in [7, 11) is -2.11. The van der Waals surface area contributed by atoms with Crippen LogP contribution in [0.3, 0.4) is 0 Å². The summed E-state index contributed by atoms with van der Waals surface area (Å²) in [6.45, 7) is 3.62. The number of nitrogens with one attached hydrogen (secondary N) is 1. The van der Waals surface area contributed by atoms with Crippen molar-refractivity contribution in [1.29, 1.82) is 0 Å². The minimum Gasteiger partial charge on any atom is -0.493 e. The van der Waals surface area contributed by atoms with Gasteiger partial charge in [0.15, 0.2) is 11.5 Å². The van der Waals surface area contributed by atoms with Crippen molar-refractivity contribution in [2.45, 2.75) is 26.1 Å². The zero-order chi connectivity index (χ0) is 23.6. The second kappa shape index (κ2) is 9.17. The van der Waals surface area contributed by atoms with Crippen molar-refractivity contribution in [3.63, 3.8) is 0 Å². The Morgan fingerprint density at radius 1 is 1.12 bits per heavy atom. The SMILES string of the molecule is CCOc1cc(C(CS(C)(=O)=O)N2C(=O)c3cccc(NC(C)O)c3C2=O)ccc1OC. The fourth-order valence-corrected chi connectivity index (χ4v) is 4.62. The van der Waals surface area contributed by atoms with E-state index < -0.39 is 39.7 Å². The summed E-state index contributed by atoms with van der Waals surface area (Å²) < 4.78 is 35.4. The van der Waals surface area contributed by atoms with Gasteiger partial charge in [-0.3, -0.25) is 14.5 Å². The van der Waals surface area contributed by atoms with Crippen molar-refractivity contribution in [2.75, 3.05) is 31.0 Å². The molecule has 0 spiro atoms. The summed E-state index contributed by atoms with van der Waals surface area (Å²) in [5.41, 5.74) is 0.938. The van der Waals surface area contributed by atoms with Gasteiger partial charge in [-0.2, -0.15) is 0 Å². The summed E-state index contributed by atoms with van der Waals surface area (Å²) in [5, 5.41) is 12.4. The average molecular weight is 463 g/mol. The van der Waals surface area contributed by atoms with Crippen LogP contribution in [-0.2, 0) is 9.84 Å². The quantitative estimate of drug-likeness (QED) is 0.430. The molecular weight excluding hydrogens is 436 g/mol. The van der Waals surface area contributed by atoms with Crippen LogP contribution < -0.4 is 14.8 Å². The molecule has 1 aliphatic heterocycles. The zero-order valence-corrected chi connectivity index (χ0v) is 19.1. The number of nitrogens with zero attached hydrogens (tertiary/aromatic N) is 1. The third-order valence-electron chi connectivity index (χ3n) is 4.96. The Bertz CT molecular complexity index is 1140. The lowest BCUT2D eigenvalue weighted by Crippen LogP contribution is -2.37. The molecule has 0 aliphatic carbocycles. The van der Waals surface area contributed by atoms with Crippen molar-refractivity contribution >= 4 is 27.3 Å². The van der Waals surface area contributed by atoms with Crippen LogP contribution in [0, 0.1) is 0 Å². The maximum absolute atomic E-state index is 13.4. The third-order valence-corrected chi connectivity index (χ3v) is 5.88. The molecule has 0 radical (unpaired) electrons. The van der Waals surface area contributed by atoms with Crippen molar-refractivity contribution in [3.05, 3.63) is 53.1 Å². The fraction of sp³-hybridized carbons (Fsp3) is 0.364. The van der Waals surface area contributed by atoms with Crippen molar-refractivity contribution in [2.24, 2.45) is 0 Å². The number of anilines is 1. The molecule has 0 aromatic heterocycles. The summed E-state index contributed by atoms with van der Waals surface area (Å²) in [6.07, 6.45) is 0.0894. The van der Waals surface area contributed by atoms with E-state index in [1.165, 1.54) is 20.1 Å². The lowest BCUT2D eigenvalue weighted by atomic mass is 10.1. The van der Waals surface area contributed by atoms with E-state index in [9.17, 15) is 23.1 Å². The first-order valence-electron chi connectivity index (χ1n) is 10.0. The summed E-state index contributed by atoms with van der Waals surface area (Å²) >= 11 is 0. The molecule has 32 heavy (non-hydrogen) atoms. The summed E-state index contributed by atoms with van der Waals surface area (Å²) in [4.78, 5) is 27.6. The highest BCUT2D eigenvalue weighted by atomic mass is 32.2. The number of rotatable bonds is 9. The van der Waals surface area contributed by atoms with Crippen LogP contribution in [0.2, 0.25) is 0 Å². The highest BCUT2D eigenvalue weighted by Gasteiger charge is 2.43. The van der Waals surface area contributed by atoms with Gasteiger partial charge in [-0.25, -0.2) is 8.42 Å². The first-order chi connectivity index (χ1) is 15.1. The van der Waals surface area contributed by atoms with E-state index in [1.807, 2.05) is 0 Å². The molecule has 3 rings (SSSR count). The Labute approximate surface area is 186 Å². The lowest BCUT2D eigenvalue weighted by molar-refractivity contribution is 0.0597. The molecule has 2 aromatic rings. The van der Waals surface area contributed by atoms with Crippen LogP contribution in [0.4, 0.5) is 5.69 Å². The van der Waals surface area contributed by atoms with Crippen molar-refractivity contribution < 1.29 is 32.6 Å². The molecule has 2 atom stereocenters. The normalized spacial score (nSPS) is 15.3. The van der Waals surface area contributed by atoms with Gasteiger partial charge in [0.25, 0.3) is 11.8 Å². The largest absolute Gasteiger partial charge is 0.493 e. The zero-order valence-electron chi connectivity index (χ0n) is 18.3. The van der Waals surface area contributed by atoms with E-state index in [0.29, 0.717) is 29.4 Å². The number of carbonyl (C=O) groups is 2. The number of hydrogen-bond donors (Lipinski definition) is 2. The standard InChI is InChI=1S/C22H26N2O7S/c1-5-31-19-11-14(9-10-18(19)30-3)17(12-32(4,28)29)24-21(26)15-7-6-8-16(23-13(2)25)20(15)22(24)27/h6-11,13,17,23,25H,5,12H2,1-4H3. The van der Waals surface area contributed by atoms with Gasteiger partial charge in [0, 0.05) is 11.9 Å². The number of ether oxygens (including phenoxy) is 2. The molecule has 0 fully saturated rings. The van der Waals surface area contributed by atoms with Gasteiger partial charge in [-0.05, 0) is 43.7 Å². The Morgan fingerprint density at radius 2 is 1.84 bits per heavy atom. The van der Waals surface area contributed by atoms with E-state index in [4.69, 9.17) is 9.47 Å². The number of hydrogen-bond acceptors (Lipinski definition) is 8. The van der Waals surface area contributed by atoms with Gasteiger partial charge in [0.1, 0.15) is 16.1 Å². The first-order valence-corrected chi connectivity index (χ1v) is 12.1. The Kier molecular flexibility index (Phi) is 6.75. The predicted octanol–water partition coefficient (Wildman–Crippen LogP) is 2.23. The third kappa shape index (κ3) is 4.71. The van der Waals surface area contributed by atoms with Gasteiger partial charge in [0.2, 0.25) is 0 Å². The van der Waals surface area contributed by atoms with Crippen LogP contribution in [0.25, 0.3) is 0 Å². The topological polar surface area (TPSA) is 122 Å². The van der Waals surface area contributed by atoms with E-state index in [1.54, 1.807) is 37.3 Å². The molecule has 1 aliphatic rings. The second-order valence-corrected chi connectivity index (χ2v) is 9.67. The van der Waals surface area contributed by atoms with Crippen molar-refractivity contribution in [1.82, 2.24) is 4.90 Å². The number of imide groups is 1. The molecular formula is C22H26N2O7S. The van der Waals surface area contributed by atoms with Crippen LogP contribution in [0.15, 0.2) is 36.4 Å². The highest BCUT2D eigenvalue weighted by molar-refractivity contribution is 7.90. The lowest BCUT2D eigenvalue weighted by Gasteiger charge is -2.27. The minimum atomic E-state index is -3.59. The van der Waals surface area contributed by atoms with Crippen LogP contribution in [0.1, 0.15) is 46.2 Å². The molecule has 0 bridgehead atoms. The average Bonchev–Trinajstić information content (AvgIpc) is 2.96. The van der Waals surface area contributed by atoms with Crippen LogP contribution in [-0.4, -0.2) is 62.2 Å². The molecule has 9 nitrogen and oxygen atoms in total. The van der Waals surface area contributed by atoms with Crippen LogP contribution in [0.5, 0.6) is 11.5 Å². The first kappa shape index (κ1) is 23.6. The van der Waals surface area contributed by atoms with E-state index in [-0.39, 0.29) is 11.1 Å². The molecule has 0 saturated heterocycles.